The second-order valence-electron chi connectivity index (χ2n) is 4.47. The molecule has 2 saturated heterocycles. The van der Waals surface area contributed by atoms with Gasteiger partial charge in [-0.1, -0.05) is 32.0 Å². The molecule has 1 unspecified atom stereocenters. The van der Waals surface area contributed by atoms with Crippen molar-refractivity contribution < 1.29 is 0 Å². The van der Waals surface area contributed by atoms with Crippen molar-refractivity contribution in [2.75, 3.05) is 25.0 Å². The summed E-state index contributed by atoms with van der Waals surface area (Å²) in [7, 11) is 2.24. The molecule has 2 aliphatic heterocycles. The van der Waals surface area contributed by atoms with Gasteiger partial charge < -0.3 is 4.90 Å². The average Bonchev–Trinajstić information content (AvgIpc) is 2.91. The van der Waals surface area contributed by atoms with E-state index in [0.717, 1.165) is 12.1 Å². The van der Waals surface area contributed by atoms with E-state index in [-0.39, 0.29) is 0 Å². The van der Waals surface area contributed by atoms with Crippen LogP contribution in [0.1, 0.15) is 20.3 Å². The molecule has 1 aromatic rings. The third-order valence-electron chi connectivity index (χ3n) is 3.60. The van der Waals surface area contributed by atoms with Crippen LogP contribution < -0.4 is 4.90 Å². The van der Waals surface area contributed by atoms with Crippen LogP contribution in [0.4, 0.5) is 5.69 Å². The molecule has 2 fully saturated rings. The highest BCUT2D eigenvalue weighted by Crippen LogP contribution is 2.33. The Morgan fingerprint density at radius 2 is 1.69 bits per heavy atom. The summed E-state index contributed by atoms with van der Waals surface area (Å²) in [5, 5.41) is 0. The number of para-hydroxylation sites is 1. The highest BCUT2D eigenvalue weighted by Gasteiger charge is 2.41. The second kappa shape index (κ2) is 4.88. The second-order valence-corrected chi connectivity index (χ2v) is 4.47. The summed E-state index contributed by atoms with van der Waals surface area (Å²) < 4.78 is 0. The van der Waals surface area contributed by atoms with E-state index >= 15 is 0 Å². The van der Waals surface area contributed by atoms with Crippen LogP contribution in [-0.4, -0.2) is 37.1 Å². The third-order valence-corrected chi connectivity index (χ3v) is 3.60. The minimum atomic E-state index is 0.757. The molecular formula is C14H22N2. The number of fused-ring (bicyclic) bond motifs is 2. The van der Waals surface area contributed by atoms with Crippen molar-refractivity contribution in [2.45, 2.75) is 32.4 Å². The van der Waals surface area contributed by atoms with E-state index in [0.29, 0.717) is 0 Å². The fourth-order valence-corrected chi connectivity index (χ4v) is 2.80. The number of rotatable bonds is 1. The maximum absolute atomic E-state index is 2.56. The molecule has 2 atom stereocenters. The summed E-state index contributed by atoms with van der Waals surface area (Å²) in [6, 6.07) is 12.3. The molecule has 2 heteroatoms. The van der Waals surface area contributed by atoms with Gasteiger partial charge in [0.1, 0.15) is 0 Å². The number of piperazine rings is 1. The molecule has 16 heavy (non-hydrogen) atoms. The fourth-order valence-electron chi connectivity index (χ4n) is 2.80. The molecule has 0 saturated carbocycles. The molecule has 2 bridgehead atoms. The Morgan fingerprint density at radius 3 is 2.19 bits per heavy atom. The summed E-state index contributed by atoms with van der Waals surface area (Å²) in [5.41, 5.74) is 1.40. The van der Waals surface area contributed by atoms with Crippen LogP contribution in [0.5, 0.6) is 0 Å². The lowest BCUT2D eigenvalue weighted by Gasteiger charge is -2.33. The number of nitrogens with zero attached hydrogens (tertiary/aromatic N) is 2. The van der Waals surface area contributed by atoms with Crippen molar-refractivity contribution >= 4 is 5.69 Å². The fraction of sp³-hybridized carbons (Fsp3) is 0.571. The first-order valence-electron chi connectivity index (χ1n) is 6.36. The first-order chi connectivity index (χ1) is 7.84. The lowest BCUT2D eigenvalue weighted by atomic mass is 10.2. The van der Waals surface area contributed by atoms with Crippen molar-refractivity contribution in [3.8, 4) is 0 Å². The van der Waals surface area contributed by atoms with Gasteiger partial charge in [-0.25, -0.2) is 0 Å². The van der Waals surface area contributed by atoms with Gasteiger partial charge in [0.2, 0.25) is 0 Å². The highest BCUT2D eigenvalue weighted by molar-refractivity contribution is 5.49. The zero-order valence-corrected chi connectivity index (χ0v) is 10.6. The first-order valence-corrected chi connectivity index (χ1v) is 6.36. The summed E-state index contributed by atoms with van der Waals surface area (Å²) in [5.74, 6) is 0. The number of hydrogen-bond donors (Lipinski definition) is 0. The van der Waals surface area contributed by atoms with E-state index in [1.54, 1.807) is 0 Å². The Labute approximate surface area is 98.9 Å². The summed E-state index contributed by atoms with van der Waals surface area (Å²) in [4.78, 5) is 5.05. The Morgan fingerprint density at radius 1 is 1.00 bits per heavy atom. The number of benzene rings is 1. The molecule has 0 spiro atoms. The molecule has 2 nitrogen and oxygen atoms in total. The maximum atomic E-state index is 2.56. The highest BCUT2D eigenvalue weighted by atomic mass is 15.3. The predicted molar refractivity (Wildman–Crippen MR) is 70.0 cm³/mol. The van der Waals surface area contributed by atoms with Crippen LogP contribution >= 0.6 is 0 Å². The third kappa shape index (κ3) is 1.94. The zero-order chi connectivity index (χ0) is 11.5. The zero-order valence-electron chi connectivity index (χ0n) is 10.6. The largest absolute Gasteiger partial charge is 0.366 e. The van der Waals surface area contributed by atoms with Crippen molar-refractivity contribution in [1.29, 1.82) is 0 Å². The van der Waals surface area contributed by atoms with Gasteiger partial charge in [0.05, 0.1) is 0 Å². The van der Waals surface area contributed by atoms with Gasteiger partial charge in [-0.2, -0.15) is 0 Å². The van der Waals surface area contributed by atoms with Gasteiger partial charge in [-0.05, 0) is 25.6 Å². The van der Waals surface area contributed by atoms with Gasteiger partial charge in [-0.3, -0.25) is 4.90 Å². The van der Waals surface area contributed by atoms with Crippen molar-refractivity contribution in [3.63, 3.8) is 0 Å². The van der Waals surface area contributed by atoms with Crippen LogP contribution in [0.3, 0.4) is 0 Å². The molecule has 0 N–H and O–H groups in total. The standard InChI is InChI=1S/C12H16N2.C2H6/c1-13-8-12-7-11(13)9-14(12)10-5-3-2-4-6-10;1-2/h2-6,11-12H,7-9H2,1H3;1-2H3/t11?,12-;/m0./s1. The monoisotopic (exact) mass is 218 g/mol. The quantitative estimate of drug-likeness (QED) is 0.715. The molecular weight excluding hydrogens is 196 g/mol. The normalized spacial score (nSPS) is 27.8. The minimum Gasteiger partial charge on any atom is -0.366 e. The summed E-state index contributed by atoms with van der Waals surface area (Å²) >= 11 is 0. The van der Waals surface area contributed by atoms with Crippen LogP contribution in [0.25, 0.3) is 0 Å². The maximum Gasteiger partial charge on any atom is 0.0433 e. The summed E-state index contributed by atoms with van der Waals surface area (Å²) in [6.07, 6.45) is 1.35. The lowest BCUT2D eigenvalue weighted by Crippen LogP contribution is -2.44. The lowest BCUT2D eigenvalue weighted by molar-refractivity contribution is 0.292. The van der Waals surface area contributed by atoms with Crippen LogP contribution in [-0.2, 0) is 0 Å². The molecule has 3 rings (SSSR count). The molecule has 1 aromatic carbocycles. The number of hydrogen-bond acceptors (Lipinski definition) is 2. The molecule has 2 heterocycles. The van der Waals surface area contributed by atoms with E-state index in [1.165, 1.54) is 25.2 Å². The van der Waals surface area contributed by atoms with Gasteiger partial charge in [0, 0.05) is 30.9 Å². The van der Waals surface area contributed by atoms with E-state index in [2.05, 4.69) is 47.2 Å². The van der Waals surface area contributed by atoms with E-state index in [9.17, 15) is 0 Å². The molecule has 88 valence electrons. The van der Waals surface area contributed by atoms with Gasteiger partial charge in [-0.15, -0.1) is 0 Å². The van der Waals surface area contributed by atoms with Gasteiger partial charge in [0.25, 0.3) is 0 Å². The van der Waals surface area contributed by atoms with E-state index in [1.807, 2.05) is 13.8 Å². The van der Waals surface area contributed by atoms with Crippen LogP contribution in [0.2, 0.25) is 0 Å². The smallest absolute Gasteiger partial charge is 0.0433 e. The molecule has 0 amide bonds. The SMILES string of the molecule is CC.CN1C[C@@H]2CC1CN2c1ccccc1. The molecule has 0 aromatic heterocycles. The predicted octanol–water partition coefficient (Wildman–Crippen LogP) is 2.61. The number of likely N-dealkylation sites (N-methyl/N-ethyl adjacent to an activating group) is 1. The molecule has 2 aliphatic rings. The van der Waals surface area contributed by atoms with Crippen molar-refractivity contribution in [1.82, 2.24) is 4.90 Å². The molecule has 0 radical (unpaired) electrons. The Hall–Kier alpha value is -1.02. The van der Waals surface area contributed by atoms with E-state index < -0.39 is 0 Å². The van der Waals surface area contributed by atoms with Crippen LogP contribution in [0.15, 0.2) is 30.3 Å². The van der Waals surface area contributed by atoms with Gasteiger partial charge >= 0.3 is 0 Å². The summed E-state index contributed by atoms with van der Waals surface area (Å²) in [6.45, 7) is 6.45. The topological polar surface area (TPSA) is 6.48 Å². The number of anilines is 1. The van der Waals surface area contributed by atoms with Crippen molar-refractivity contribution in [3.05, 3.63) is 30.3 Å². The first kappa shape index (κ1) is 11.5. The Balaban J connectivity index is 0.000000457. The molecule has 0 aliphatic carbocycles. The van der Waals surface area contributed by atoms with E-state index in [4.69, 9.17) is 0 Å². The van der Waals surface area contributed by atoms with Gasteiger partial charge in [0.15, 0.2) is 0 Å². The number of likely N-dealkylation sites (tertiary alicyclic amines) is 1. The Kier molecular flexibility index (Phi) is 3.49. The Bertz CT molecular complexity index is 321. The van der Waals surface area contributed by atoms with Crippen LogP contribution in [0, 0.1) is 0 Å². The average molecular weight is 218 g/mol. The minimum absolute atomic E-state index is 0.757. The van der Waals surface area contributed by atoms with Crippen molar-refractivity contribution in [2.24, 2.45) is 0 Å².